The lowest BCUT2D eigenvalue weighted by molar-refractivity contribution is 0.138. The van der Waals surface area contributed by atoms with E-state index in [9.17, 15) is 4.79 Å². The monoisotopic (exact) mass is 324 g/mol. The zero-order valence-electron chi connectivity index (χ0n) is 14.3. The van der Waals surface area contributed by atoms with Crippen LogP contribution in [0.1, 0.15) is 24.3 Å². The molecular weight excluding hydrogens is 300 g/mol. The van der Waals surface area contributed by atoms with E-state index >= 15 is 0 Å². The first-order chi connectivity index (χ1) is 11.6. The minimum Gasteiger partial charge on any atom is -0.410 e. The van der Waals surface area contributed by atoms with E-state index in [2.05, 4.69) is 29.2 Å². The summed E-state index contributed by atoms with van der Waals surface area (Å²) in [5.74, 6) is 1.12. The molecule has 0 aliphatic carbocycles. The Bertz CT molecular complexity index is 660. The quantitative estimate of drug-likeness (QED) is 0.851. The van der Waals surface area contributed by atoms with Gasteiger partial charge in [0.1, 0.15) is 5.75 Å². The average molecular weight is 324 g/mol. The minimum absolute atomic E-state index is 0.248. The number of carbonyl (C=O) groups is 1. The Hall–Kier alpha value is -2.49. The number of benzene rings is 2. The van der Waals surface area contributed by atoms with Crippen molar-refractivity contribution >= 4 is 11.8 Å². The molecule has 1 fully saturated rings. The molecular formula is C20H24N2O2. The van der Waals surface area contributed by atoms with E-state index < -0.39 is 0 Å². The standard InChI is InChI=1S/C20H24N2O2/c1-21(2)18-10-8-16(9-11-18)17-12-14-22(15-13-17)20(23)24-19-6-4-3-5-7-19/h3-11,17H,12-15H2,1-2H3. The molecule has 1 amide bonds. The lowest BCUT2D eigenvalue weighted by Gasteiger charge is -2.31. The maximum atomic E-state index is 12.2. The van der Waals surface area contributed by atoms with Crippen LogP contribution in [0.15, 0.2) is 54.6 Å². The SMILES string of the molecule is CN(C)c1ccc(C2CCN(C(=O)Oc3ccccc3)CC2)cc1. The fraction of sp³-hybridized carbons (Fsp3) is 0.350. The third-order valence-corrected chi connectivity index (χ3v) is 4.58. The van der Waals surface area contributed by atoms with Crippen LogP contribution in [0.3, 0.4) is 0 Å². The average Bonchev–Trinajstić information content (AvgIpc) is 2.63. The van der Waals surface area contributed by atoms with Gasteiger partial charge < -0.3 is 14.5 Å². The number of likely N-dealkylation sites (tertiary alicyclic amines) is 1. The summed E-state index contributed by atoms with van der Waals surface area (Å²) in [7, 11) is 4.09. The van der Waals surface area contributed by atoms with E-state index in [0.29, 0.717) is 11.7 Å². The zero-order chi connectivity index (χ0) is 16.9. The first-order valence-corrected chi connectivity index (χ1v) is 8.42. The molecule has 0 N–H and O–H groups in total. The van der Waals surface area contributed by atoms with Crippen molar-refractivity contribution < 1.29 is 9.53 Å². The van der Waals surface area contributed by atoms with Gasteiger partial charge in [0.15, 0.2) is 0 Å². The van der Waals surface area contributed by atoms with Crippen LogP contribution < -0.4 is 9.64 Å². The minimum atomic E-state index is -0.248. The second kappa shape index (κ2) is 7.39. The number of amides is 1. The summed E-state index contributed by atoms with van der Waals surface area (Å²) in [6.45, 7) is 1.48. The van der Waals surface area contributed by atoms with Crippen molar-refractivity contribution in [2.45, 2.75) is 18.8 Å². The van der Waals surface area contributed by atoms with E-state index in [-0.39, 0.29) is 6.09 Å². The van der Waals surface area contributed by atoms with Crippen LogP contribution in [0.5, 0.6) is 5.75 Å². The number of carbonyl (C=O) groups excluding carboxylic acids is 1. The van der Waals surface area contributed by atoms with Crippen molar-refractivity contribution in [1.82, 2.24) is 4.90 Å². The van der Waals surface area contributed by atoms with Crippen molar-refractivity contribution in [3.8, 4) is 5.75 Å². The van der Waals surface area contributed by atoms with Crippen molar-refractivity contribution in [2.24, 2.45) is 0 Å². The summed E-state index contributed by atoms with van der Waals surface area (Å²) >= 11 is 0. The third kappa shape index (κ3) is 3.88. The molecule has 1 aliphatic rings. The maximum absolute atomic E-state index is 12.2. The molecule has 1 aliphatic heterocycles. The van der Waals surface area contributed by atoms with Crippen LogP contribution in [0.4, 0.5) is 10.5 Å². The molecule has 3 rings (SSSR count). The molecule has 4 nitrogen and oxygen atoms in total. The second-order valence-electron chi connectivity index (χ2n) is 6.43. The number of nitrogens with zero attached hydrogens (tertiary/aromatic N) is 2. The fourth-order valence-electron chi connectivity index (χ4n) is 3.09. The number of ether oxygens (including phenoxy) is 1. The molecule has 4 heteroatoms. The molecule has 0 radical (unpaired) electrons. The van der Waals surface area contributed by atoms with Gasteiger partial charge in [0, 0.05) is 32.9 Å². The summed E-state index contributed by atoms with van der Waals surface area (Å²) in [6.07, 6.45) is 1.71. The summed E-state index contributed by atoms with van der Waals surface area (Å²) in [5.41, 5.74) is 2.57. The van der Waals surface area contributed by atoms with Crippen molar-refractivity contribution in [1.29, 1.82) is 0 Å². The lowest BCUT2D eigenvalue weighted by Crippen LogP contribution is -2.39. The Balaban J connectivity index is 1.54. The summed E-state index contributed by atoms with van der Waals surface area (Å²) in [6, 6.07) is 18.0. The van der Waals surface area contributed by atoms with Gasteiger partial charge in [-0.1, -0.05) is 30.3 Å². The molecule has 1 heterocycles. The smallest absolute Gasteiger partial charge is 0.410 e. The molecule has 24 heavy (non-hydrogen) atoms. The molecule has 0 atom stereocenters. The Morgan fingerprint density at radius 3 is 2.21 bits per heavy atom. The lowest BCUT2D eigenvalue weighted by atomic mass is 9.89. The summed E-state index contributed by atoms with van der Waals surface area (Å²) < 4.78 is 5.42. The highest BCUT2D eigenvalue weighted by Crippen LogP contribution is 2.29. The van der Waals surface area contributed by atoms with Gasteiger partial charge in [-0.2, -0.15) is 0 Å². The summed E-state index contributed by atoms with van der Waals surface area (Å²) in [5, 5.41) is 0. The molecule has 0 unspecified atom stereocenters. The van der Waals surface area contributed by atoms with Gasteiger partial charge in [-0.25, -0.2) is 4.79 Å². The zero-order valence-corrected chi connectivity index (χ0v) is 14.3. The Labute approximate surface area is 143 Å². The highest BCUT2D eigenvalue weighted by molar-refractivity contribution is 5.70. The number of piperidine rings is 1. The first-order valence-electron chi connectivity index (χ1n) is 8.42. The number of hydrogen-bond donors (Lipinski definition) is 0. The van der Waals surface area contributed by atoms with Gasteiger partial charge in [-0.05, 0) is 48.6 Å². The van der Waals surface area contributed by atoms with Crippen molar-refractivity contribution in [3.05, 3.63) is 60.2 Å². The Morgan fingerprint density at radius 1 is 1.00 bits per heavy atom. The van der Waals surface area contributed by atoms with Crippen LogP contribution >= 0.6 is 0 Å². The number of anilines is 1. The topological polar surface area (TPSA) is 32.8 Å². The molecule has 2 aromatic carbocycles. The van der Waals surface area contributed by atoms with Crippen molar-refractivity contribution in [2.75, 3.05) is 32.1 Å². The van der Waals surface area contributed by atoms with Gasteiger partial charge in [-0.15, -0.1) is 0 Å². The molecule has 0 saturated carbocycles. The van der Waals surface area contributed by atoms with E-state index in [4.69, 9.17) is 4.74 Å². The largest absolute Gasteiger partial charge is 0.415 e. The predicted octanol–water partition coefficient (Wildman–Crippen LogP) is 4.13. The van der Waals surface area contributed by atoms with Crippen LogP contribution in [0.2, 0.25) is 0 Å². The van der Waals surface area contributed by atoms with E-state index in [1.807, 2.05) is 32.3 Å². The second-order valence-corrected chi connectivity index (χ2v) is 6.43. The van der Waals surface area contributed by atoms with E-state index in [1.54, 1.807) is 17.0 Å². The molecule has 0 bridgehead atoms. The van der Waals surface area contributed by atoms with Gasteiger partial charge in [0.2, 0.25) is 0 Å². The van der Waals surface area contributed by atoms with Gasteiger partial charge in [0.05, 0.1) is 0 Å². The van der Waals surface area contributed by atoms with Gasteiger partial charge in [-0.3, -0.25) is 0 Å². The van der Waals surface area contributed by atoms with Gasteiger partial charge >= 0.3 is 6.09 Å². The van der Waals surface area contributed by atoms with Crippen molar-refractivity contribution in [3.63, 3.8) is 0 Å². The highest BCUT2D eigenvalue weighted by Gasteiger charge is 2.25. The van der Waals surface area contributed by atoms with E-state index in [0.717, 1.165) is 25.9 Å². The number of rotatable bonds is 3. The number of hydrogen-bond acceptors (Lipinski definition) is 3. The fourth-order valence-corrected chi connectivity index (χ4v) is 3.09. The summed E-state index contributed by atoms with van der Waals surface area (Å²) in [4.78, 5) is 16.1. The van der Waals surface area contributed by atoms with Crippen LogP contribution in [-0.4, -0.2) is 38.2 Å². The van der Waals surface area contributed by atoms with E-state index in [1.165, 1.54) is 11.3 Å². The Kier molecular flexibility index (Phi) is 5.04. The van der Waals surface area contributed by atoms with Gasteiger partial charge in [0.25, 0.3) is 0 Å². The normalized spacial score (nSPS) is 15.2. The first kappa shape index (κ1) is 16.4. The maximum Gasteiger partial charge on any atom is 0.415 e. The third-order valence-electron chi connectivity index (χ3n) is 4.58. The van der Waals surface area contributed by atoms with Crippen LogP contribution in [0, 0.1) is 0 Å². The highest BCUT2D eigenvalue weighted by atomic mass is 16.6. The molecule has 126 valence electrons. The predicted molar refractivity (Wildman–Crippen MR) is 96.8 cm³/mol. The molecule has 0 spiro atoms. The molecule has 2 aromatic rings. The Morgan fingerprint density at radius 2 is 1.62 bits per heavy atom. The molecule has 1 saturated heterocycles. The van der Waals surface area contributed by atoms with Crippen LogP contribution in [0.25, 0.3) is 0 Å². The van der Waals surface area contributed by atoms with Crippen LogP contribution in [-0.2, 0) is 0 Å². The number of para-hydroxylation sites is 1. The molecule has 0 aromatic heterocycles.